The monoisotopic (exact) mass is 194 g/mol. The molecule has 70 valence electrons. The van der Waals surface area contributed by atoms with Crippen LogP contribution in [0.15, 0.2) is 29.6 Å². The fourth-order valence-electron chi connectivity index (χ4n) is 0.808. The normalized spacial score (nSPS) is 11.8. The predicted molar refractivity (Wildman–Crippen MR) is 56.4 cm³/mol. The second-order valence-corrected chi connectivity index (χ2v) is 5.35. The summed E-state index contributed by atoms with van der Waals surface area (Å²) >= 11 is 0. The molecule has 13 heavy (non-hydrogen) atoms. The van der Waals surface area contributed by atoms with E-state index in [0.717, 1.165) is 11.4 Å². The zero-order chi connectivity index (χ0) is 9.68. The molecule has 0 saturated carbocycles. The van der Waals surface area contributed by atoms with Crippen molar-refractivity contribution in [3.63, 3.8) is 0 Å². The van der Waals surface area contributed by atoms with Crippen LogP contribution in [0.25, 0.3) is 0 Å². The van der Waals surface area contributed by atoms with Gasteiger partial charge in [-0.05, 0) is 32.2 Å². The molecule has 0 unspecified atom stereocenters. The lowest BCUT2D eigenvalue weighted by atomic mass is 10.3. The van der Waals surface area contributed by atoms with Gasteiger partial charge < -0.3 is 4.53 Å². The summed E-state index contributed by atoms with van der Waals surface area (Å²) in [6, 6.07) is 5.74. The van der Waals surface area contributed by atoms with E-state index >= 15 is 0 Å². The van der Waals surface area contributed by atoms with Gasteiger partial charge in [-0.15, -0.1) is 5.16 Å². The van der Waals surface area contributed by atoms with Gasteiger partial charge in [0.1, 0.15) is 5.71 Å². The molecule has 0 aromatic carbocycles. The maximum atomic E-state index is 5.24. The van der Waals surface area contributed by atoms with Crippen LogP contribution in [0.1, 0.15) is 12.6 Å². The summed E-state index contributed by atoms with van der Waals surface area (Å²) < 4.78 is 5.24. The van der Waals surface area contributed by atoms with Crippen LogP contribution in [0.5, 0.6) is 0 Å². The van der Waals surface area contributed by atoms with Crippen LogP contribution in [-0.4, -0.2) is 19.7 Å². The lowest BCUT2D eigenvalue weighted by Crippen LogP contribution is -2.06. The maximum absolute atomic E-state index is 5.24. The van der Waals surface area contributed by atoms with Gasteiger partial charge in [-0.1, -0.05) is 6.07 Å². The van der Waals surface area contributed by atoms with Crippen LogP contribution in [0.2, 0.25) is 13.1 Å². The van der Waals surface area contributed by atoms with Crippen molar-refractivity contribution in [3.8, 4) is 0 Å². The van der Waals surface area contributed by atoms with Gasteiger partial charge in [0.2, 0.25) is 0 Å². The first-order valence-corrected chi connectivity index (χ1v) is 7.10. The van der Waals surface area contributed by atoms with Crippen LogP contribution in [-0.2, 0) is 4.53 Å². The molecule has 0 fully saturated rings. The topological polar surface area (TPSA) is 34.5 Å². The molecule has 1 aromatic heterocycles. The summed E-state index contributed by atoms with van der Waals surface area (Å²) in [5, 5.41) is 4.01. The zero-order valence-corrected chi connectivity index (χ0v) is 9.34. The Morgan fingerprint density at radius 3 is 2.77 bits per heavy atom. The average molecular weight is 194 g/mol. The Bertz CT molecular complexity index is 285. The highest BCUT2D eigenvalue weighted by Gasteiger charge is 1.99. The van der Waals surface area contributed by atoms with Gasteiger partial charge in [-0.25, -0.2) is 0 Å². The second kappa shape index (κ2) is 4.76. The number of hydrogen-bond acceptors (Lipinski definition) is 3. The molecule has 1 rings (SSSR count). The summed E-state index contributed by atoms with van der Waals surface area (Å²) in [6.45, 7) is 6.06. The third-order valence-electron chi connectivity index (χ3n) is 1.44. The molecule has 0 aliphatic heterocycles. The van der Waals surface area contributed by atoms with Crippen molar-refractivity contribution >= 4 is 14.8 Å². The Labute approximate surface area is 80.2 Å². The van der Waals surface area contributed by atoms with Crippen molar-refractivity contribution in [1.82, 2.24) is 4.98 Å². The third-order valence-corrected chi connectivity index (χ3v) is 1.96. The Morgan fingerprint density at radius 1 is 1.46 bits per heavy atom. The Balaban J connectivity index is 2.68. The molecule has 0 spiro atoms. The minimum Gasteiger partial charge on any atom is -0.459 e. The van der Waals surface area contributed by atoms with E-state index in [1.165, 1.54) is 0 Å². The van der Waals surface area contributed by atoms with E-state index in [-0.39, 0.29) is 0 Å². The van der Waals surface area contributed by atoms with Crippen LogP contribution in [0.4, 0.5) is 0 Å². The Hall–Kier alpha value is -1.16. The van der Waals surface area contributed by atoms with Gasteiger partial charge in [-0.2, -0.15) is 0 Å². The fourth-order valence-corrected chi connectivity index (χ4v) is 1.18. The summed E-state index contributed by atoms with van der Waals surface area (Å²) in [5.41, 5.74) is 1.71. The number of hydrogen-bond donors (Lipinski definition) is 0. The number of aromatic nitrogens is 1. The van der Waals surface area contributed by atoms with E-state index in [0.29, 0.717) is 0 Å². The molecule has 4 heteroatoms. The molecule has 3 nitrogen and oxygen atoms in total. The Kier molecular flexibility index (Phi) is 3.64. The van der Waals surface area contributed by atoms with Crippen molar-refractivity contribution < 1.29 is 4.53 Å². The van der Waals surface area contributed by atoms with Gasteiger partial charge in [0.25, 0.3) is 9.04 Å². The summed E-state index contributed by atoms with van der Waals surface area (Å²) in [7, 11) is -1.07. The summed E-state index contributed by atoms with van der Waals surface area (Å²) in [5.74, 6) is 0. The van der Waals surface area contributed by atoms with Gasteiger partial charge in [-0.3, -0.25) is 4.98 Å². The fraction of sp³-hybridized carbons (Fsp3) is 0.333. The molecule has 1 heterocycles. The SMILES string of the molecule is CC(=NO[SiH](C)C)c1ccccn1. The molecule has 0 N–H and O–H groups in total. The van der Waals surface area contributed by atoms with E-state index in [9.17, 15) is 0 Å². The van der Waals surface area contributed by atoms with Crippen LogP contribution < -0.4 is 0 Å². The number of nitrogens with zero attached hydrogens (tertiary/aromatic N) is 2. The van der Waals surface area contributed by atoms with Crippen molar-refractivity contribution in [2.24, 2.45) is 5.16 Å². The standard InChI is InChI=1S/C9H14N2OSi/c1-8(11-12-13(2)3)9-6-4-5-7-10-9/h4-7,13H,1-3H3. The van der Waals surface area contributed by atoms with E-state index in [1.54, 1.807) is 6.20 Å². The van der Waals surface area contributed by atoms with E-state index in [1.807, 2.05) is 25.1 Å². The first-order chi connectivity index (χ1) is 6.20. The molecular weight excluding hydrogens is 180 g/mol. The number of pyridine rings is 1. The highest BCUT2D eigenvalue weighted by molar-refractivity contribution is 6.48. The summed E-state index contributed by atoms with van der Waals surface area (Å²) in [6.07, 6.45) is 1.75. The molecule has 0 radical (unpaired) electrons. The smallest absolute Gasteiger partial charge is 0.266 e. The van der Waals surface area contributed by atoms with Crippen molar-refractivity contribution in [2.45, 2.75) is 20.0 Å². The molecule has 0 atom stereocenters. The molecule has 0 aliphatic carbocycles. The highest BCUT2D eigenvalue weighted by Crippen LogP contribution is 1.97. The average Bonchev–Trinajstić information content (AvgIpc) is 2.15. The predicted octanol–water partition coefficient (Wildman–Crippen LogP) is 1.81. The molecule has 0 saturated heterocycles. The molecule has 0 aliphatic rings. The first kappa shape index (κ1) is 9.92. The minimum atomic E-state index is -1.07. The molecule has 0 bridgehead atoms. The lowest BCUT2D eigenvalue weighted by molar-refractivity contribution is 0.351. The maximum Gasteiger partial charge on any atom is 0.266 e. The first-order valence-electron chi connectivity index (χ1n) is 4.32. The van der Waals surface area contributed by atoms with E-state index in [4.69, 9.17) is 4.53 Å². The van der Waals surface area contributed by atoms with Gasteiger partial charge in [0.15, 0.2) is 0 Å². The van der Waals surface area contributed by atoms with Crippen molar-refractivity contribution in [2.75, 3.05) is 0 Å². The van der Waals surface area contributed by atoms with Gasteiger partial charge in [0.05, 0.1) is 5.69 Å². The van der Waals surface area contributed by atoms with Crippen LogP contribution >= 0.6 is 0 Å². The van der Waals surface area contributed by atoms with Gasteiger partial charge in [0, 0.05) is 6.20 Å². The van der Waals surface area contributed by atoms with Crippen molar-refractivity contribution in [1.29, 1.82) is 0 Å². The highest BCUT2D eigenvalue weighted by atomic mass is 28.3. The van der Waals surface area contributed by atoms with Crippen LogP contribution in [0, 0.1) is 0 Å². The zero-order valence-electron chi connectivity index (χ0n) is 8.19. The van der Waals surface area contributed by atoms with Gasteiger partial charge >= 0.3 is 0 Å². The quantitative estimate of drug-likeness (QED) is 0.418. The lowest BCUT2D eigenvalue weighted by Gasteiger charge is -2.03. The van der Waals surface area contributed by atoms with Crippen LogP contribution in [0.3, 0.4) is 0 Å². The van der Waals surface area contributed by atoms with E-state index < -0.39 is 9.04 Å². The summed E-state index contributed by atoms with van der Waals surface area (Å²) in [4.78, 5) is 4.16. The van der Waals surface area contributed by atoms with Crippen molar-refractivity contribution in [3.05, 3.63) is 30.1 Å². The Morgan fingerprint density at radius 2 is 2.23 bits per heavy atom. The minimum absolute atomic E-state index is 0.835. The number of rotatable bonds is 3. The third kappa shape index (κ3) is 3.37. The molecular formula is C9H14N2OSi. The number of oxime groups is 1. The second-order valence-electron chi connectivity index (χ2n) is 3.05. The largest absolute Gasteiger partial charge is 0.459 e. The molecule has 0 amide bonds. The molecule has 1 aromatic rings. The van der Waals surface area contributed by atoms with E-state index in [2.05, 4.69) is 23.2 Å².